The fourth-order valence-electron chi connectivity index (χ4n) is 2.82. The Bertz CT molecular complexity index is 1360. The van der Waals surface area contributed by atoms with Crippen molar-refractivity contribution < 1.29 is 22.3 Å². The van der Waals surface area contributed by atoms with Crippen LogP contribution in [0.1, 0.15) is 16.1 Å². The largest absolute Gasteiger partial charge is 0.456 e. The van der Waals surface area contributed by atoms with E-state index >= 15 is 0 Å². The molecule has 1 aromatic heterocycles. The van der Waals surface area contributed by atoms with Gasteiger partial charge in [0, 0.05) is 16.8 Å². The van der Waals surface area contributed by atoms with Crippen LogP contribution in [-0.2, 0) is 21.4 Å². The van der Waals surface area contributed by atoms with E-state index < -0.39 is 21.8 Å². The van der Waals surface area contributed by atoms with Gasteiger partial charge < -0.3 is 10.1 Å². The molecule has 33 heavy (non-hydrogen) atoms. The van der Waals surface area contributed by atoms with Crippen molar-refractivity contribution in [1.29, 1.82) is 0 Å². The third-order valence-electron chi connectivity index (χ3n) is 4.40. The van der Waals surface area contributed by atoms with Crippen molar-refractivity contribution in [3.63, 3.8) is 0 Å². The van der Waals surface area contributed by atoms with E-state index in [2.05, 4.69) is 15.0 Å². The van der Waals surface area contributed by atoms with E-state index in [4.69, 9.17) is 4.74 Å². The third kappa shape index (κ3) is 5.93. The molecule has 3 aromatic carbocycles. The second-order valence-electron chi connectivity index (χ2n) is 6.85. The molecular weight excluding hydrogens is 465 g/mol. The quantitative estimate of drug-likeness (QED) is 0.335. The minimum atomic E-state index is -3.97. The molecule has 168 valence electrons. The Balaban J connectivity index is 1.39. The van der Waals surface area contributed by atoms with Gasteiger partial charge in [0.25, 0.3) is 10.0 Å². The number of carbonyl (C=O) groups excluding carboxylic acids is 1. The van der Waals surface area contributed by atoms with Crippen molar-refractivity contribution in [2.45, 2.75) is 11.5 Å². The average molecular weight is 484 g/mol. The van der Waals surface area contributed by atoms with Crippen molar-refractivity contribution in [2.75, 3.05) is 10.0 Å². The maximum absolute atomic E-state index is 13.0. The highest BCUT2D eigenvalue weighted by molar-refractivity contribution is 7.92. The van der Waals surface area contributed by atoms with Gasteiger partial charge in [-0.2, -0.15) is 0 Å². The molecule has 0 unspecified atom stereocenters. The normalized spacial score (nSPS) is 11.1. The number of para-hydroxylation sites is 1. The Morgan fingerprint density at radius 2 is 1.73 bits per heavy atom. The lowest BCUT2D eigenvalue weighted by Crippen LogP contribution is -2.14. The summed E-state index contributed by atoms with van der Waals surface area (Å²) in [4.78, 5) is 16.7. The third-order valence-corrected chi connectivity index (χ3v) is 6.59. The zero-order valence-corrected chi connectivity index (χ0v) is 18.7. The summed E-state index contributed by atoms with van der Waals surface area (Å²) < 4.78 is 45.9. The fraction of sp³-hybridized carbons (Fsp3) is 0.0435. The van der Waals surface area contributed by atoms with E-state index in [1.807, 2.05) is 30.3 Å². The number of ether oxygens (including phenoxy) is 1. The lowest BCUT2D eigenvalue weighted by Gasteiger charge is -2.09. The van der Waals surface area contributed by atoms with Crippen molar-refractivity contribution in [3.05, 3.63) is 101 Å². The minimum Gasteiger partial charge on any atom is -0.456 e. The van der Waals surface area contributed by atoms with Crippen LogP contribution >= 0.6 is 11.3 Å². The summed E-state index contributed by atoms with van der Waals surface area (Å²) in [6, 6.07) is 19.9. The highest BCUT2D eigenvalue weighted by atomic mass is 32.2. The molecule has 0 amide bonds. The monoisotopic (exact) mass is 483 g/mol. The molecule has 1 heterocycles. The van der Waals surface area contributed by atoms with Gasteiger partial charge in [-0.1, -0.05) is 24.3 Å². The van der Waals surface area contributed by atoms with Crippen LogP contribution in [0.3, 0.4) is 0 Å². The zero-order valence-electron chi connectivity index (χ0n) is 17.1. The molecule has 4 aromatic rings. The van der Waals surface area contributed by atoms with Crippen LogP contribution in [0, 0.1) is 5.82 Å². The predicted octanol–water partition coefficient (Wildman–Crippen LogP) is 5.18. The number of halogens is 1. The van der Waals surface area contributed by atoms with Crippen LogP contribution in [0.15, 0.2) is 89.1 Å². The first-order chi connectivity index (χ1) is 15.9. The van der Waals surface area contributed by atoms with Gasteiger partial charge in [0.1, 0.15) is 12.4 Å². The number of thiazole rings is 1. The summed E-state index contributed by atoms with van der Waals surface area (Å²) in [6.45, 7) is -0.0589. The first kappa shape index (κ1) is 22.4. The first-order valence-corrected chi connectivity index (χ1v) is 12.1. The van der Waals surface area contributed by atoms with Gasteiger partial charge in [-0.15, -0.1) is 11.3 Å². The summed E-state index contributed by atoms with van der Waals surface area (Å²) in [5.74, 6) is -1.16. The predicted molar refractivity (Wildman–Crippen MR) is 125 cm³/mol. The van der Waals surface area contributed by atoms with Crippen molar-refractivity contribution in [3.8, 4) is 0 Å². The lowest BCUT2D eigenvalue weighted by molar-refractivity contribution is 0.0468. The molecule has 0 saturated heterocycles. The van der Waals surface area contributed by atoms with E-state index in [9.17, 15) is 17.6 Å². The van der Waals surface area contributed by atoms with E-state index in [0.717, 1.165) is 17.8 Å². The molecule has 0 atom stereocenters. The van der Waals surface area contributed by atoms with E-state index in [0.29, 0.717) is 10.8 Å². The highest BCUT2D eigenvalue weighted by Crippen LogP contribution is 2.22. The van der Waals surface area contributed by atoms with E-state index in [-0.39, 0.29) is 22.8 Å². The Morgan fingerprint density at radius 3 is 2.48 bits per heavy atom. The number of aromatic nitrogens is 1. The molecule has 0 aliphatic heterocycles. The second kappa shape index (κ2) is 9.80. The van der Waals surface area contributed by atoms with E-state index in [1.54, 1.807) is 5.38 Å². The van der Waals surface area contributed by atoms with Crippen molar-refractivity contribution in [2.24, 2.45) is 0 Å². The SMILES string of the molecule is O=C(OCc1csc(Nc2ccccc2)n1)c1cccc(S(=O)(=O)Nc2ccc(F)cc2)c1. The maximum Gasteiger partial charge on any atom is 0.338 e. The number of nitrogens with one attached hydrogen (secondary N) is 2. The second-order valence-corrected chi connectivity index (χ2v) is 9.39. The average Bonchev–Trinajstić information content (AvgIpc) is 3.27. The zero-order chi connectivity index (χ0) is 23.3. The number of hydrogen-bond donors (Lipinski definition) is 2. The van der Waals surface area contributed by atoms with Crippen LogP contribution in [0.25, 0.3) is 0 Å². The molecular formula is C23H18FN3O4S2. The molecule has 7 nitrogen and oxygen atoms in total. The summed E-state index contributed by atoms with van der Waals surface area (Å²) in [5, 5.41) is 5.59. The number of carbonyl (C=O) groups is 1. The van der Waals surface area contributed by atoms with E-state index in [1.165, 1.54) is 47.7 Å². The first-order valence-electron chi connectivity index (χ1n) is 9.71. The minimum absolute atomic E-state index is 0.0589. The molecule has 0 spiro atoms. The number of anilines is 3. The van der Waals surface area contributed by atoms with Crippen molar-refractivity contribution >= 4 is 43.8 Å². The molecule has 0 aliphatic carbocycles. The summed E-state index contributed by atoms with van der Waals surface area (Å²) in [7, 11) is -3.97. The molecule has 0 saturated carbocycles. The topological polar surface area (TPSA) is 97.4 Å². The van der Waals surface area contributed by atoms with Gasteiger partial charge in [-0.05, 0) is 54.6 Å². The number of hydrogen-bond acceptors (Lipinski definition) is 7. The van der Waals surface area contributed by atoms with Crippen molar-refractivity contribution in [1.82, 2.24) is 4.98 Å². The highest BCUT2D eigenvalue weighted by Gasteiger charge is 2.17. The van der Waals surface area contributed by atoms with Gasteiger partial charge >= 0.3 is 5.97 Å². The molecule has 0 radical (unpaired) electrons. The Hall–Kier alpha value is -3.76. The maximum atomic E-state index is 13.0. The lowest BCUT2D eigenvalue weighted by atomic mass is 10.2. The van der Waals surface area contributed by atoms with Crippen LogP contribution in [-0.4, -0.2) is 19.4 Å². The molecule has 0 fully saturated rings. The number of sulfonamides is 1. The summed E-state index contributed by atoms with van der Waals surface area (Å²) >= 11 is 1.37. The molecule has 0 aliphatic rings. The number of esters is 1. The van der Waals surface area contributed by atoms with Crippen LogP contribution in [0.5, 0.6) is 0 Å². The van der Waals surface area contributed by atoms with Crippen LogP contribution in [0.2, 0.25) is 0 Å². The smallest absolute Gasteiger partial charge is 0.338 e. The number of benzene rings is 3. The Kier molecular flexibility index (Phi) is 6.66. The standard InChI is InChI=1S/C23H18FN3O4S2/c24-17-9-11-19(12-10-17)27-33(29,30)21-8-4-5-16(13-21)22(28)31-14-20-15-32-23(26-20)25-18-6-2-1-3-7-18/h1-13,15,27H,14H2,(H,25,26). The van der Waals surface area contributed by atoms with Gasteiger partial charge in [-0.25, -0.2) is 22.6 Å². The Labute approximate surface area is 193 Å². The van der Waals surface area contributed by atoms with Gasteiger partial charge in [0.2, 0.25) is 0 Å². The summed E-state index contributed by atoms with van der Waals surface area (Å²) in [6.07, 6.45) is 0. The van der Waals surface area contributed by atoms with Crippen LogP contribution < -0.4 is 10.0 Å². The molecule has 2 N–H and O–H groups in total. The Morgan fingerprint density at radius 1 is 0.970 bits per heavy atom. The van der Waals surface area contributed by atoms with Gasteiger partial charge in [0.05, 0.1) is 16.2 Å². The summed E-state index contributed by atoms with van der Waals surface area (Å²) in [5.41, 5.74) is 1.74. The van der Waals surface area contributed by atoms with Gasteiger partial charge in [-0.3, -0.25) is 4.72 Å². The fourth-order valence-corrected chi connectivity index (χ4v) is 4.64. The van der Waals surface area contributed by atoms with Gasteiger partial charge in [0.15, 0.2) is 5.13 Å². The molecule has 4 rings (SSSR count). The number of rotatable bonds is 8. The molecule has 10 heteroatoms. The van der Waals surface area contributed by atoms with Crippen LogP contribution in [0.4, 0.5) is 20.9 Å². The molecule has 0 bridgehead atoms. The number of nitrogens with zero attached hydrogens (tertiary/aromatic N) is 1.